The number of aromatic nitrogens is 2. The number of halogens is 3. The van der Waals surface area contributed by atoms with Crippen molar-refractivity contribution in [3.8, 4) is 0 Å². The molecule has 86 valence electrons. The van der Waals surface area contributed by atoms with Crippen LogP contribution >= 0.6 is 22.9 Å². The summed E-state index contributed by atoms with van der Waals surface area (Å²) in [6.45, 7) is 0.462. The molecule has 0 amide bonds. The van der Waals surface area contributed by atoms with Crippen molar-refractivity contribution in [2.24, 2.45) is 0 Å². The molecule has 2 heterocycles. The minimum absolute atomic E-state index is 0.181. The maximum atomic E-state index is 12.2. The molecule has 2 aromatic rings. The zero-order valence-corrected chi connectivity index (χ0v) is 9.42. The Morgan fingerprint density at radius 2 is 2.19 bits per heavy atom. The van der Waals surface area contributed by atoms with Gasteiger partial charge in [-0.2, -0.15) is 22.5 Å². The van der Waals surface area contributed by atoms with Gasteiger partial charge >= 0.3 is 6.18 Å². The van der Waals surface area contributed by atoms with E-state index in [1.807, 2.05) is 17.5 Å². The Bertz CT molecular complexity index is 449. The van der Waals surface area contributed by atoms with E-state index in [0.29, 0.717) is 18.1 Å². The highest BCUT2D eigenvalue weighted by molar-refractivity contribution is 7.10. The third-order valence-corrected chi connectivity index (χ3v) is 3.22. The predicted molar refractivity (Wildman–Crippen MR) is 56.6 cm³/mol. The third kappa shape index (κ3) is 2.70. The molecule has 0 saturated carbocycles. The van der Waals surface area contributed by atoms with Crippen molar-refractivity contribution in [2.75, 3.05) is 5.32 Å². The lowest BCUT2D eigenvalue weighted by Crippen LogP contribution is -2.07. The molecule has 0 atom stereocenters. The van der Waals surface area contributed by atoms with Crippen LogP contribution in [-0.2, 0) is 12.7 Å². The molecule has 2 aromatic heterocycles. The number of rotatable bonds is 3. The number of nitrogens with zero attached hydrogens (tertiary/aromatic N) is 2. The lowest BCUT2D eigenvalue weighted by atomic mass is 10.5. The van der Waals surface area contributed by atoms with E-state index in [2.05, 4.69) is 14.7 Å². The Labute approximate surface area is 97.1 Å². The summed E-state index contributed by atoms with van der Waals surface area (Å²) in [6.07, 6.45) is -4.47. The summed E-state index contributed by atoms with van der Waals surface area (Å²) >= 11 is 2.24. The van der Waals surface area contributed by atoms with Crippen molar-refractivity contribution >= 4 is 28.0 Å². The first-order chi connectivity index (χ1) is 7.55. The number of thiophene rings is 1. The van der Waals surface area contributed by atoms with Crippen LogP contribution in [-0.4, -0.2) is 9.36 Å². The number of hydrogen-bond acceptors (Lipinski definition) is 5. The van der Waals surface area contributed by atoms with Gasteiger partial charge in [-0.15, -0.1) is 11.3 Å². The topological polar surface area (TPSA) is 37.8 Å². The fraction of sp³-hybridized carbons (Fsp3) is 0.250. The minimum Gasteiger partial charge on any atom is -0.355 e. The molecule has 0 radical (unpaired) electrons. The molecule has 8 heteroatoms. The van der Waals surface area contributed by atoms with Gasteiger partial charge in [-0.25, -0.2) is 0 Å². The zero-order valence-electron chi connectivity index (χ0n) is 7.78. The molecule has 0 unspecified atom stereocenters. The second kappa shape index (κ2) is 4.38. The van der Waals surface area contributed by atoms with Crippen LogP contribution < -0.4 is 5.32 Å². The first-order valence-electron chi connectivity index (χ1n) is 4.23. The van der Waals surface area contributed by atoms with Gasteiger partial charge in [0.15, 0.2) is 0 Å². The Hall–Kier alpha value is -1.15. The second-order valence-corrected chi connectivity index (χ2v) is 4.64. The average molecular weight is 265 g/mol. The molecule has 2 rings (SSSR count). The quantitative estimate of drug-likeness (QED) is 0.925. The van der Waals surface area contributed by atoms with E-state index >= 15 is 0 Å². The van der Waals surface area contributed by atoms with E-state index in [1.54, 1.807) is 0 Å². The maximum absolute atomic E-state index is 12.2. The first kappa shape index (κ1) is 11.3. The lowest BCUT2D eigenvalue weighted by molar-refractivity contribution is -0.144. The summed E-state index contributed by atoms with van der Waals surface area (Å²) in [5.74, 6) is -1.09. The van der Waals surface area contributed by atoms with E-state index in [-0.39, 0.29) is 5.13 Å². The van der Waals surface area contributed by atoms with Gasteiger partial charge in [-0.1, -0.05) is 6.07 Å². The summed E-state index contributed by atoms with van der Waals surface area (Å²) in [5.41, 5.74) is 0. The van der Waals surface area contributed by atoms with Gasteiger partial charge in [0.25, 0.3) is 0 Å². The Balaban J connectivity index is 1.98. The van der Waals surface area contributed by atoms with Crippen LogP contribution in [0.2, 0.25) is 0 Å². The Kier molecular flexibility index (Phi) is 3.10. The fourth-order valence-electron chi connectivity index (χ4n) is 0.986. The van der Waals surface area contributed by atoms with E-state index in [1.165, 1.54) is 11.3 Å². The normalized spacial score (nSPS) is 11.7. The minimum atomic E-state index is -4.47. The summed E-state index contributed by atoms with van der Waals surface area (Å²) in [4.78, 5) is 4.39. The molecule has 0 aliphatic carbocycles. The first-order valence-corrected chi connectivity index (χ1v) is 5.88. The molecule has 0 aliphatic rings. The number of hydrogen-bond donors (Lipinski definition) is 1. The summed E-state index contributed by atoms with van der Waals surface area (Å²) in [7, 11) is 0. The van der Waals surface area contributed by atoms with Crippen molar-refractivity contribution in [2.45, 2.75) is 12.7 Å². The molecular weight excluding hydrogens is 259 g/mol. The van der Waals surface area contributed by atoms with E-state index in [9.17, 15) is 13.2 Å². The standard InChI is InChI=1S/C8H6F3N3S2/c9-8(10,11)6-13-7(16-14-6)12-4-5-2-1-3-15-5/h1-3H,4H2,(H,12,13,14). The highest BCUT2D eigenvalue weighted by Crippen LogP contribution is 2.29. The van der Waals surface area contributed by atoms with Crippen molar-refractivity contribution < 1.29 is 13.2 Å². The van der Waals surface area contributed by atoms with E-state index < -0.39 is 12.0 Å². The number of nitrogens with one attached hydrogen (secondary N) is 1. The van der Waals surface area contributed by atoms with E-state index in [0.717, 1.165) is 4.88 Å². The van der Waals surface area contributed by atoms with Crippen molar-refractivity contribution in [3.05, 3.63) is 28.2 Å². The molecule has 0 fully saturated rings. The maximum Gasteiger partial charge on any atom is 0.452 e. The summed E-state index contributed by atoms with van der Waals surface area (Å²) in [6, 6.07) is 3.77. The number of alkyl halides is 3. The molecule has 3 nitrogen and oxygen atoms in total. The average Bonchev–Trinajstić information content (AvgIpc) is 2.85. The molecule has 0 spiro atoms. The highest BCUT2D eigenvalue weighted by atomic mass is 32.1. The van der Waals surface area contributed by atoms with Crippen LogP contribution in [0, 0.1) is 0 Å². The molecule has 0 bridgehead atoms. The van der Waals surface area contributed by atoms with Crippen LogP contribution in [0.15, 0.2) is 17.5 Å². The Morgan fingerprint density at radius 3 is 2.75 bits per heavy atom. The smallest absolute Gasteiger partial charge is 0.355 e. The van der Waals surface area contributed by atoms with Crippen LogP contribution in [0.5, 0.6) is 0 Å². The largest absolute Gasteiger partial charge is 0.452 e. The van der Waals surface area contributed by atoms with Gasteiger partial charge in [0.05, 0.1) is 6.54 Å². The van der Waals surface area contributed by atoms with Gasteiger partial charge in [0.1, 0.15) is 0 Å². The Morgan fingerprint density at radius 1 is 1.38 bits per heavy atom. The van der Waals surface area contributed by atoms with Crippen molar-refractivity contribution in [1.82, 2.24) is 9.36 Å². The zero-order chi connectivity index (χ0) is 11.6. The van der Waals surface area contributed by atoms with Gasteiger partial charge in [-0.05, 0) is 11.4 Å². The lowest BCUT2D eigenvalue weighted by Gasteiger charge is -1.99. The van der Waals surface area contributed by atoms with Crippen LogP contribution in [0.3, 0.4) is 0 Å². The molecule has 0 aromatic carbocycles. The van der Waals surface area contributed by atoms with Gasteiger partial charge in [-0.3, -0.25) is 0 Å². The van der Waals surface area contributed by atoms with Gasteiger partial charge < -0.3 is 5.32 Å². The molecule has 1 N–H and O–H groups in total. The molecule has 0 saturated heterocycles. The van der Waals surface area contributed by atoms with Gasteiger partial charge in [0.2, 0.25) is 11.0 Å². The highest BCUT2D eigenvalue weighted by Gasteiger charge is 2.36. The van der Waals surface area contributed by atoms with Crippen molar-refractivity contribution in [3.63, 3.8) is 0 Å². The van der Waals surface area contributed by atoms with Crippen LogP contribution in [0.1, 0.15) is 10.7 Å². The van der Waals surface area contributed by atoms with Crippen LogP contribution in [0.4, 0.5) is 18.3 Å². The fourth-order valence-corrected chi connectivity index (χ4v) is 2.21. The van der Waals surface area contributed by atoms with Gasteiger partial charge in [0, 0.05) is 16.4 Å². The molecule has 0 aliphatic heterocycles. The monoisotopic (exact) mass is 265 g/mol. The summed E-state index contributed by atoms with van der Waals surface area (Å²) < 4.78 is 39.7. The molecular formula is C8H6F3N3S2. The number of anilines is 1. The second-order valence-electron chi connectivity index (χ2n) is 2.85. The third-order valence-electron chi connectivity index (χ3n) is 1.67. The summed E-state index contributed by atoms with van der Waals surface area (Å²) in [5, 5.41) is 4.88. The van der Waals surface area contributed by atoms with E-state index in [4.69, 9.17) is 0 Å². The predicted octanol–water partition coefficient (Wildman–Crippen LogP) is 3.23. The van der Waals surface area contributed by atoms with Crippen LogP contribution in [0.25, 0.3) is 0 Å². The SMILES string of the molecule is FC(F)(F)c1nsc(NCc2cccs2)n1. The molecule has 16 heavy (non-hydrogen) atoms. The van der Waals surface area contributed by atoms with Crippen molar-refractivity contribution in [1.29, 1.82) is 0 Å².